The standard InChI is InChI=1S/C26H30FN5O4/c1-4-16-5-8-20(26(2,3)12-16)22(33)9-10-23(34)28-13-18-14-32(25(35)36-18)17-6-7-19(21(27)11-17)24-29-15-30-31-24/h5-8,11-12,15,18,20H,4,9-10,13-14H2,1-3H3,(H,28,34)(H,29,30,31)/t18?,20-/m1/s1. The van der Waals surface area contributed by atoms with Crippen LogP contribution in [-0.4, -0.2) is 52.2 Å². The molecule has 2 aromatic rings. The fourth-order valence-electron chi connectivity index (χ4n) is 4.57. The van der Waals surface area contributed by atoms with Gasteiger partial charge in [0.1, 0.15) is 24.0 Å². The summed E-state index contributed by atoms with van der Waals surface area (Å²) in [4.78, 5) is 42.7. The number of hydrogen-bond acceptors (Lipinski definition) is 6. The van der Waals surface area contributed by atoms with E-state index >= 15 is 0 Å². The Bertz CT molecular complexity index is 1200. The van der Waals surface area contributed by atoms with Crippen LogP contribution in [0.1, 0.15) is 40.0 Å². The molecule has 1 aliphatic carbocycles. The lowest BCUT2D eigenvalue weighted by atomic mass is 9.71. The van der Waals surface area contributed by atoms with E-state index in [9.17, 15) is 18.8 Å². The summed E-state index contributed by atoms with van der Waals surface area (Å²) < 4.78 is 19.9. The number of rotatable bonds is 9. The number of benzene rings is 1. The van der Waals surface area contributed by atoms with Crippen LogP contribution in [0.3, 0.4) is 0 Å². The van der Waals surface area contributed by atoms with E-state index in [4.69, 9.17) is 4.74 Å². The molecule has 2 N–H and O–H groups in total. The second kappa shape index (κ2) is 10.4. The van der Waals surface area contributed by atoms with Crippen LogP contribution in [0.2, 0.25) is 0 Å². The van der Waals surface area contributed by atoms with E-state index < -0.39 is 18.0 Å². The molecule has 2 atom stereocenters. The summed E-state index contributed by atoms with van der Waals surface area (Å²) in [5.74, 6) is -0.807. The molecule has 10 heteroatoms. The largest absolute Gasteiger partial charge is 0.442 e. The Labute approximate surface area is 208 Å². The maximum Gasteiger partial charge on any atom is 0.414 e. The molecule has 36 heavy (non-hydrogen) atoms. The van der Waals surface area contributed by atoms with Gasteiger partial charge in [-0.1, -0.05) is 44.6 Å². The van der Waals surface area contributed by atoms with Crippen molar-refractivity contribution in [3.8, 4) is 11.4 Å². The average molecular weight is 496 g/mol. The van der Waals surface area contributed by atoms with Gasteiger partial charge in [-0.3, -0.25) is 19.6 Å². The van der Waals surface area contributed by atoms with Crippen molar-refractivity contribution >= 4 is 23.5 Å². The average Bonchev–Trinajstić information content (AvgIpc) is 3.50. The van der Waals surface area contributed by atoms with Crippen molar-refractivity contribution in [1.82, 2.24) is 20.5 Å². The maximum atomic E-state index is 14.6. The Kier molecular flexibility index (Phi) is 7.32. The first-order valence-electron chi connectivity index (χ1n) is 12.0. The van der Waals surface area contributed by atoms with Crippen LogP contribution in [0.5, 0.6) is 0 Å². The molecule has 2 heterocycles. The molecule has 1 fully saturated rings. The van der Waals surface area contributed by atoms with Crippen molar-refractivity contribution < 1.29 is 23.5 Å². The number of aromatic nitrogens is 3. The van der Waals surface area contributed by atoms with Gasteiger partial charge in [0.2, 0.25) is 5.91 Å². The molecule has 9 nitrogen and oxygen atoms in total. The second-order valence-corrected chi connectivity index (χ2v) is 9.62. The maximum absolute atomic E-state index is 14.6. The third-order valence-corrected chi connectivity index (χ3v) is 6.55. The quantitative estimate of drug-likeness (QED) is 0.544. The minimum absolute atomic E-state index is 0.0204. The first-order valence-corrected chi connectivity index (χ1v) is 12.0. The van der Waals surface area contributed by atoms with Crippen LogP contribution < -0.4 is 10.2 Å². The summed E-state index contributed by atoms with van der Waals surface area (Å²) in [6.07, 6.45) is 7.22. The molecule has 0 saturated carbocycles. The SMILES string of the molecule is CCC1=CC(C)(C)[C@@H](C(=O)CCC(=O)NCC2CN(c3ccc(-c4ncn[nH]4)c(F)c3)C(=O)O2)C=C1. The molecule has 190 valence electrons. The van der Waals surface area contributed by atoms with Crippen molar-refractivity contribution in [3.05, 3.63) is 54.1 Å². The Morgan fingerprint density at radius 3 is 2.78 bits per heavy atom. The third-order valence-electron chi connectivity index (χ3n) is 6.55. The van der Waals surface area contributed by atoms with E-state index in [0.29, 0.717) is 5.69 Å². The number of allylic oxidation sites excluding steroid dienone is 4. The number of ether oxygens (including phenoxy) is 1. The van der Waals surface area contributed by atoms with Crippen LogP contribution in [0, 0.1) is 17.2 Å². The van der Waals surface area contributed by atoms with Gasteiger partial charge >= 0.3 is 6.09 Å². The number of Topliss-reactive ketones (excluding diaryl/α,β-unsaturated/α-hetero) is 1. The summed E-state index contributed by atoms with van der Waals surface area (Å²) in [7, 11) is 0. The number of nitrogens with zero attached hydrogens (tertiary/aromatic N) is 3. The van der Waals surface area contributed by atoms with Crippen LogP contribution in [0.25, 0.3) is 11.4 Å². The molecule has 2 aliphatic rings. The number of carbonyl (C=O) groups excluding carboxylic acids is 3. The molecular weight excluding hydrogens is 465 g/mol. The Morgan fingerprint density at radius 1 is 1.31 bits per heavy atom. The highest BCUT2D eigenvalue weighted by Gasteiger charge is 2.34. The summed E-state index contributed by atoms with van der Waals surface area (Å²) >= 11 is 0. The predicted molar refractivity (Wildman–Crippen MR) is 131 cm³/mol. The topological polar surface area (TPSA) is 117 Å². The number of anilines is 1. The Balaban J connectivity index is 1.26. The zero-order valence-corrected chi connectivity index (χ0v) is 20.6. The molecule has 4 rings (SSSR count). The lowest BCUT2D eigenvalue weighted by Crippen LogP contribution is -2.35. The third kappa shape index (κ3) is 5.53. The highest BCUT2D eigenvalue weighted by Crippen LogP contribution is 2.37. The van der Waals surface area contributed by atoms with Gasteiger partial charge in [0.15, 0.2) is 5.82 Å². The van der Waals surface area contributed by atoms with Crippen LogP contribution in [0.4, 0.5) is 14.9 Å². The summed E-state index contributed by atoms with van der Waals surface area (Å²) in [6.45, 7) is 6.40. The second-order valence-electron chi connectivity index (χ2n) is 9.62. The van der Waals surface area contributed by atoms with Gasteiger partial charge < -0.3 is 10.1 Å². The zero-order chi connectivity index (χ0) is 25.9. The van der Waals surface area contributed by atoms with Crippen LogP contribution in [0.15, 0.2) is 48.3 Å². The van der Waals surface area contributed by atoms with Crippen LogP contribution in [-0.2, 0) is 14.3 Å². The van der Waals surface area contributed by atoms with Gasteiger partial charge in [0.05, 0.1) is 24.3 Å². The Hall–Kier alpha value is -3.82. The monoisotopic (exact) mass is 495 g/mol. The fraction of sp³-hybridized carbons (Fsp3) is 0.423. The summed E-state index contributed by atoms with van der Waals surface area (Å²) in [5.41, 5.74) is 1.48. The highest BCUT2D eigenvalue weighted by molar-refractivity contribution is 5.90. The summed E-state index contributed by atoms with van der Waals surface area (Å²) in [6, 6.07) is 4.33. The van der Waals surface area contributed by atoms with E-state index in [1.165, 1.54) is 28.9 Å². The van der Waals surface area contributed by atoms with E-state index in [2.05, 4.69) is 33.5 Å². The number of hydrogen-bond donors (Lipinski definition) is 2. The predicted octanol–water partition coefficient (Wildman–Crippen LogP) is 3.95. The van der Waals surface area contributed by atoms with Gasteiger partial charge in [0.25, 0.3) is 0 Å². The number of ketones is 1. The number of carbonyl (C=O) groups is 3. The van der Waals surface area contributed by atoms with Gasteiger partial charge in [-0.2, -0.15) is 5.10 Å². The van der Waals surface area contributed by atoms with E-state index in [-0.39, 0.29) is 60.3 Å². The molecule has 1 aromatic carbocycles. The number of aromatic amines is 1. The normalized spacial score (nSPS) is 20.7. The minimum Gasteiger partial charge on any atom is -0.442 e. The van der Waals surface area contributed by atoms with Gasteiger partial charge in [-0.15, -0.1) is 0 Å². The van der Waals surface area contributed by atoms with Gasteiger partial charge in [0, 0.05) is 18.8 Å². The first kappa shape index (κ1) is 25.3. The van der Waals surface area contributed by atoms with Crippen molar-refractivity contribution in [2.45, 2.75) is 46.1 Å². The molecule has 1 aromatic heterocycles. The smallest absolute Gasteiger partial charge is 0.414 e. The number of cyclic esters (lactones) is 1. The molecule has 0 bridgehead atoms. The zero-order valence-electron chi connectivity index (χ0n) is 20.6. The van der Waals surface area contributed by atoms with E-state index in [0.717, 1.165) is 6.42 Å². The molecule has 1 unspecified atom stereocenters. The van der Waals surface area contributed by atoms with Crippen molar-refractivity contribution in [2.24, 2.45) is 11.3 Å². The Morgan fingerprint density at radius 2 is 2.11 bits per heavy atom. The van der Waals surface area contributed by atoms with Crippen molar-refractivity contribution in [3.63, 3.8) is 0 Å². The molecule has 0 radical (unpaired) electrons. The van der Waals surface area contributed by atoms with Crippen molar-refractivity contribution in [1.29, 1.82) is 0 Å². The molecule has 1 aliphatic heterocycles. The molecule has 1 saturated heterocycles. The summed E-state index contributed by atoms with van der Waals surface area (Å²) in [5, 5.41) is 9.04. The van der Waals surface area contributed by atoms with Gasteiger partial charge in [-0.25, -0.2) is 14.2 Å². The van der Waals surface area contributed by atoms with E-state index in [1.54, 1.807) is 6.07 Å². The van der Waals surface area contributed by atoms with E-state index in [1.807, 2.05) is 26.0 Å². The van der Waals surface area contributed by atoms with Crippen molar-refractivity contribution in [2.75, 3.05) is 18.0 Å². The number of halogens is 1. The van der Waals surface area contributed by atoms with Gasteiger partial charge in [-0.05, 0) is 30.0 Å². The molecular formula is C26H30FN5O4. The minimum atomic E-state index is -0.623. The molecule has 0 spiro atoms. The lowest BCUT2D eigenvalue weighted by molar-refractivity contribution is -0.128. The number of amides is 2. The highest BCUT2D eigenvalue weighted by atomic mass is 19.1. The number of H-pyrrole nitrogens is 1. The van der Waals surface area contributed by atoms with Crippen LogP contribution >= 0.6 is 0 Å². The molecule has 2 amide bonds. The lowest BCUT2D eigenvalue weighted by Gasteiger charge is -2.32. The first-order chi connectivity index (χ1) is 17.2. The number of nitrogens with one attached hydrogen (secondary N) is 2. The fourth-order valence-corrected chi connectivity index (χ4v) is 4.57.